The number of carbonyl (C=O) groups is 1. The highest BCUT2D eigenvalue weighted by molar-refractivity contribution is 6.30. The molecule has 0 aliphatic heterocycles. The van der Waals surface area contributed by atoms with Gasteiger partial charge < -0.3 is 14.6 Å². The van der Waals surface area contributed by atoms with E-state index in [0.29, 0.717) is 30.3 Å². The van der Waals surface area contributed by atoms with Gasteiger partial charge in [0.2, 0.25) is 0 Å². The average molecular weight is 490 g/mol. The van der Waals surface area contributed by atoms with E-state index in [4.69, 9.17) is 21.3 Å². The fraction of sp³-hybridized carbons (Fsp3) is 0.310. The maximum Gasteiger partial charge on any atom is 0.251 e. The molecule has 6 heteroatoms. The van der Waals surface area contributed by atoms with Gasteiger partial charge in [-0.15, -0.1) is 0 Å². The van der Waals surface area contributed by atoms with E-state index < -0.39 is 0 Å². The van der Waals surface area contributed by atoms with E-state index >= 15 is 0 Å². The van der Waals surface area contributed by atoms with Gasteiger partial charge in [-0.2, -0.15) is 0 Å². The van der Waals surface area contributed by atoms with E-state index in [2.05, 4.69) is 48.9 Å². The second-order valence-electron chi connectivity index (χ2n) is 9.66. The maximum atomic E-state index is 12.4. The van der Waals surface area contributed by atoms with E-state index in [-0.39, 0.29) is 11.3 Å². The van der Waals surface area contributed by atoms with Crippen LogP contribution < -0.4 is 10.1 Å². The largest absolute Gasteiger partial charge is 0.492 e. The van der Waals surface area contributed by atoms with Crippen molar-refractivity contribution in [3.05, 3.63) is 94.8 Å². The van der Waals surface area contributed by atoms with Crippen molar-refractivity contribution < 1.29 is 9.53 Å². The Bertz CT molecular complexity index is 1290. The number of nitrogens with zero attached hydrogens (tertiary/aromatic N) is 2. The van der Waals surface area contributed by atoms with Crippen molar-refractivity contribution in [2.75, 3.05) is 13.2 Å². The van der Waals surface area contributed by atoms with Crippen LogP contribution in [0.15, 0.2) is 72.8 Å². The number of ether oxygens (including phenoxy) is 1. The van der Waals surface area contributed by atoms with Gasteiger partial charge in [0.25, 0.3) is 5.91 Å². The minimum atomic E-state index is -0.119. The number of carbonyl (C=O) groups excluding carboxylic acids is 1. The minimum absolute atomic E-state index is 0.119. The summed E-state index contributed by atoms with van der Waals surface area (Å²) < 4.78 is 8.27. The number of imidazole rings is 1. The first-order valence-corrected chi connectivity index (χ1v) is 12.4. The van der Waals surface area contributed by atoms with Crippen LogP contribution >= 0.6 is 11.6 Å². The van der Waals surface area contributed by atoms with Crippen LogP contribution in [0.2, 0.25) is 5.02 Å². The normalized spacial score (nSPS) is 11.5. The lowest BCUT2D eigenvalue weighted by molar-refractivity contribution is 0.0953. The SMILES string of the molecule is CC(C)(C)c1ccc(OCCn2c(CCCNC(=O)c3cccc(Cl)c3)nc3ccccc32)cc1. The van der Waals surface area contributed by atoms with Crippen LogP contribution in [0.1, 0.15) is 48.9 Å². The quantitative estimate of drug-likeness (QED) is 0.276. The molecule has 0 aliphatic rings. The highest BCUT2D eigenvalue weighted by Gasteiger charge is 2.14. The predicted molar refractivity (Wildman–Crippen MR) is 142 cm³/mol. The van der Waals surface area contributed by atoms with Crippen molar-refractivity contribution in [1.82, 2.24) is 14.9 Å². The Morgan fingerprint density at radius 3 is 2.54 bits per heavy atom. The molecule has 0 radical (unpaired) electrons. The molecule has 0 saturated carbocycles. The molecule has 4 rings (SSSR count). The van der Waals surface area contributed by atoms with Crippen LogP contribution in [-0.2, 0) is 18.4 Å². The van der Waals surface area contributed by atoms with E-state index in [1.54, 1.807) is 24.3 Å². The number of rotatable bonds is 9. The Hall–Kier alpha value is -3.31. The lowest BCUT2D eigenvalue weighted by Gasteiger charge is -2.19. The number of nitrogens with one attached hydrogen (secondary N) is 1. The van der Waals surface area contributed by atoms with E-state index in [9.17, 15) is 4.79 Å². The number of amides is 1. The molecular formula is C29H32ClN3O2. The van der Waals surface area contributed by atoms with Crippen LogP contribution in [0.5, 0.6) is 5.75 Å². The molecule has 1 aromatic heterocycles. The molecule has 3 aromatic carbocycles. The summed E-state index contributed by atoms with van der Waals surface area (Å²) in [4.78, 5) is 17.2. The third-order valence-corrected chi connectivity index (χ3v) is 6.22. The Morgan fingerprint density at radius 1 is 1.03 bits per heavy atom. The van der Waals surface area contributed by atoms with Crippen LogP contribution in [0.3, 0.4) is 0 Å². The first-order valence-electron chi connectivity index (χ1n) is 12.0. The maximum absolute atomic E-state index is 12.4. The Morgan fingerprint density at radius 2 is 1.80 bits per heavy atom. The molecule has 0 aliphatic carbocycles. The molecule has 0 saturated heterocycles. The first kappa shape index (κ1) is 24.8. The average Bonchev–Trinajstić information content (AvgIpc) is 3.19. The number of para-hydroxylation sites is 2. The summed E-state index contributed by atoms with van der Waals surface area (Å²) in [6.45, 7) is 8.43. The zero-order valence-corrected chi connectivity index (χ0v) is 21.3. The summed E-state index contributed by atoms with van der Waals surface area (Å²) >= 11 is 5.99. The standard InChI is InChI=1S/C29H32ClN3O2/c1-29(2,3)22-13-15-24(16-14-22)35-19-18-33-26-11-5-4-10-25(26)32-27(33)12-7-17-31-28(34)21-8-6-9-23(30)20-21/h4-6,8-11,13-16,20H,7,12,17-19H2,1-3H3,(H,31,34). The van der Waals surface area contributed by atoms with Gasteiger partial charge >= 0.3 is 0 Å². The summed E-state index contributed by atoms with van der Waals surface area (Å²) in [5.41, 5.74) is 4.04. The fourth-order valence-electron chi connectivity index (χ4n) is 4.05. The highest BCUT2D eigenvalue weighted by Crippen LogP contribution is 2.24. The van der Waals surface area contributed by atoms with Crippen LogP contribution in [0.4, 0.5) is 0 Å². The van der Waals surface area contributed by atoms with Crippen molar-refractivity contribution in [2.45, 2.75) is 45.6 Å². The molecule has 35 heavy (non-hydrogen) atoms. The number of fused-ring (bicyclic) bond motifs is 1. The molecule has 0 spiro atoms. The van der Waals surface area contributed by atoms with Gasteiger partial charge in [0.05, 0.1) is 17.6 Å². The van der Waals surface area contributed by atoms with E-state index in [1.165, 1.54) is 5.56 Å². The third kappa shape index (κ3) is 6.43. The number of benzene rings is 3. The van der Waals surface area contributed by atoms with Gasteiger partial charge in [-0.25, -0.2) is 4.98 Å². The topological polar surface area (TPSA) is 56.1 Å². The smallest absolute Gasteiger partial charge is 0.251 e. The zero-order chi connectivity index (χ0) is 24.8. The summed E-state index contributed by atoms with van der Waals surface area (Å²) in [6, 6.07) is 23.5. The van der Waals surface area contributed by atoms with E-state index in [0.717, 1.165) is 35.4 Å². The fourth-order valence-corrected chi connectivity index (χ4v) is 4.24. The van der Waals surface area contributed by atoms with Crippen LogP contribution in [-0.4, -0.2) is 28.6 Å². The van der Waals surface area contributed by atoms with Gasteiger partial charge in [-0.05, 0) is 59.9 Å². The van der Waals surface area contributed by atoms with Gasteiger partial charge in [0.1, 0.15) is 18.2 Å². The Kier molecular flexibility index (Phi) is 7.76. The van der Waals surface area contributed by atoms with Gasteiger partial charge in [-0.3, -0.25) is 4.79 Å². The van der Waals surface area contributed by atoms with Crippen molar-refractivity contribution in [3.8, 4) is 5.75 Å². The minimum Gasteiger partial charge on any atom is -0.492 e. The second kappa shape index (κ2) is 11.0. The Balaban J connectivity index is 1.35. The van der Waals surface area contributed by atoms with Gasteiger partial charge in [-0.1, -0.05) is 62.7 Å². The summed E-state index contributed by atoms with van der Waals surface area (Å²) in [6.07, 6.45) is 1.54. The molecule has 0 atom stereocenters. The number of hydrogen-bond acceptors (Lipinski definition) is 3. The lowest BCUT2D eigenvalue weighted by Crippen LogP contribution is -2.25. The molecule has 182 valence electrons. The molecule has 4 aromatic rings. The second-order valence-corrected chi connectivity index (χ2v) is 10.1. The molecule has 1 heterocycles. The third-order valence-electron chi connectivity index (χ3n) is 5.99. The number of aryl methyl sites for hydroxylation is 1. The molecule has 1 amide bonds. The van der Waals surface area contributed by atoms with Gasteiger partial charge in [0.15, 0.2) is 0 Å². The van der Waals surface area contributed by atoms with Gasteiger partial charge in [0, 0.05) is 23.6 Å². The molecule has 0 bridgehead atoms. The Labute approximate surface area is 212 Å². The highest BCUT2D eigenvalue weighted by atomic mass is 35.5. The molecule has 0 fully saturated rings. The van der Waals surface area contributed by atoms with Crippen LogP contribution in [0, 0.1) is 0 Å². The lowest BCUT2D eigenvalue weighted by atomic mass is 9.87. The number of aromatic nitrogens is 2. The summed E-state index contributed by atoms with van der Waals surface area (Å²) in [5.74, 6) is 1.74. The molecule has 1 N–H and O–H groups in total. The number of halogens is 1. The summed E-state index contributed by atoms with van der Waals surface area (Å²) in [5, 5.41) is 3.52. The van der Waals surface area contributed by atoms with Crippen LogP contribution in [0.25, 0.3) is 11.0 Å². The zero-order valence-electron chi connectivity index (χ0n) is 20.6. The summed E-state index contributed by atoms with van der Waals surface area (Å²) in [7, 11) is 0. The number of hydrogen-bond donors (Lipinski definition) is 1. The predicted octanol–water partition coefficient (Wildman–Crippen LogP) is 6.43. The molecule has 5 nitrogen and oxygen atoms in total. The monoisotopic (exact) mass is 489 g/mol. The first-order chi connectivity index (χ1) is 16.8. The van der Waals surface area contributed by atoms with Crippen molar-refractivity contribution in [2.24, 2.45) is 0 Å². The molecular weight excluding hydrogens is 458 g/mol. The van der Waals surface area contributed by atoms with Crippen molar-refractivity contribution in [1.29, 1.82) is 0 Å². The molecule has 0 unspecified atom stereocenters. The van der Waals surface area contributed by atoms with E-state index in [1.807, 2.05) is 30.3 Å². The van der Waals surface area contributed by atoms with Crippen molar-refractivity contribution in [3.63, 3.8) is 0 Å². The van der Waals surface area contributed by atoms with Crippen molar-refractivity contribution >= 4 is 28.5 Å².